The molecule has 0 aliphatic carbocycles. The van der Waals surface area contributed by atoms with Crippen LogP contribution in [-0.2, 0) is 10.8 Å². The Morgan fingerprint density at radius 1 is 0.295 bits per heavy atom. The molecule has 11 rings (SSSR count). The van der Waals surface area contributed by atoms with Gasteiger partial charge in [-0.2, -0.15) is 0 Å². The first kappa shape index (κ1) is 37.1. The number of hydrogen-bond donors (Lipinski definition) is 0. The second-order valence-corrected chi connectivity index (χ2v) is 18.8. The van der Waals surface area contributed by atoms with E-state index >= 15 is 0 Å². The molecule has 1 heterocycles. The minimum absolute atomic E-state index is 0.00518. The maximum absolute atomic E-state index is 6.90. The van der Waals surface area contributed by atoms with Crippen LogP contribution in [0.25, 0.3) is 110 Å². The van der Waals surface area contributed by atoms with E-state index in [-0.39, 0.29) is 10.8 Å². The van der Waals surface area contributed by atoms with E-state index in [9.17, 15) is 0 Å². The van der Waals surface area contributed by atoms with Gasteiger partial charge in [0.15, 0.2) is 0 Å². The molecule has 11 aromatic rings. The average molecular weight is 785 g/mol. The van der Waals surface area contributed by atoms with Gasteiger partial charge in [0, 0.05) is 10.8 Å². The first-order chi connectivity index (χ1) is 29.5. The van der Waals surface area contributed by atoms with E-state index in [0.29, 0.717) is 0 Å². The first-order valence-corrected chi connectivity index (χ1v) is 21.6. The molecule has 0 amide bonds. The van der Waals surface area contributed by atoms with Crippen LogP contribution in [0.2, 0.25) is 0 Å². The third-order valence-electron chi connectivity index (χ3n) is 12.9. The van der Waals surface area contributed by atoms with Crippen molar-refractivity contribution < 1.29 is 4.42 Å². The predicted molar refractivity (Wildman–Crippen MR) is 263 cm³/mol. The van der Waals surface area contributed by atoms with Crippen LogP contribution in [0.15, 0.2) is 186 Å². The van der Waals surface area contributed by atoms with Crippen molar-refractivity contribution in [3.05, 3.63) is 193 Å². The second kappa shape index (κ2) is 13.8. The molecule has 1 aromatic heterocycles. The molecule has 0 radical (unpaired) electrons. The van der Waals surface area contributed by atoms with Crippen molar-refractivity contribution in [1.82, 2.24) is 0 Å². The van der Waals surface area contributed by atoms with Crippen molar-refractivity contribution in [2.24, 2.45) is 0 Å². The molecule has 0 aliphatic rings. The van der Waals surface area contributed by atoms with E-state index in [2.05, 4.69) is 224 Å². The predicted octanol–water partition coefficient (Wildman–Crippen LogP) is 17.5. The summed E-state index contributed by atoms with van der Waals surface area (Å²) in [6.07, 6.45) is 0. The molecule has 0 N–H and O–H groups in total. The highest BCUT2D eigenvalue weighted by Gasteiger charge is 2.25. The zero-order valence-electron chi connectivity index (χ0n) is 35.7. The van der Waals surface area contributed by atoms with Gasteiger partial charge >= 0.3 is 0 Å². The maximum atomic E-state index is 6.90. The standard InChI is InChI=1S/C60H48O/c1-59(2,3)40-33-39(34-41(36-40)60(4,5)6)56-46-25-14-16-27-48(46)57(49-28-17-15-26-47(49)56)51-29-18-30-52-58(51)50-32-31-38(35-53(50)61-52)55-44-23-12-10-21-42(44)54(37-19-8-7-9-20-37)43-22-11-13-24-45(43)55/h7-36H,1-6H3. The molecule has 0 fully saturated rings. The fourth-order valence-electron chi connectivity index (χ4n) is 9.91. The molecule has 0 saturated carbocycles. The van der Waals surface area contributed by atoms with Crippen molar-refractivity contribution in [3.63, 3.8) is 0 Å². The largest absolute Gasteiger partial charge is 0.456 e. The lowest BCUT2D eigenvalue weighted by atomic mass is 9.77. The van der Waals surface area contributed by atoms with Gasteiger partial charge in [-0.15, -0.1) is 0 Å². The molecule has 61 heavy (non-hydrogen) atoms. The van der Waals surface area contributed by atoms with E-state index in [0.717, 1.165) is 27.5 Å². The van der Waals surface area contributed by atoms with Crippen molar-refractivity contribution in [1.29, 1.82) is 0 Å². The van der Waals surface area contributed by atoms with E-state index in [1.54, 1.807) is 0 Å². The molecule has 10 aromatic carbocycles. The van der Waals surface area contributed by atoms with Crippen LogP contribution in [0.5, 0.6) is 0 Å². The van der Waals surface area contributed by atoms with Crippen LogP contribution < -0.4 is 0 Å². The minimum Gasteiger partial charge on any atom is -0.456 e. The highest BCUT2D eigenvalue weighted by molar-refractivity contribution is 6.26. The highest BCUT2D eigenvalue weighted by Crippen LogP contribution is 2.49. The van der Waals surface area contributed by atoms with Crippen molar-refractivity contribution in [3.8, 4) is 44.5 Å². The molecule has 294 valence electrons. The molecular formula is C60H48O. The minimum atomic E-state index is 0.00518. The lowest BCUT2D eigenvalue weighted by molar-refractivity contribution is 0.569. The summed E-state index contributed by atoms with van der Waals surface area (Å²) >= 11 is 0. The Kier molecular flexibility index (Phi) is 8.38. The van der Waals surface area contributed by atoms with Crippen molar-refractivity contribution >= 4 is 65.0 Å². The zero-order chi connectivity index (χ0) is 41.6. The van der Waals surface area contributed by atoms with Gasteiger partial charge < -0.3 is 4.42 Å². The summed E-state index contributed by atoms with van der Waals surface area (Å²) in [4.78, 5) is 0. The number of furan rings is 1. The summed E-state index contributed by atoms with van der Waals surface area (Å²) in [5.74, 6) is 0. The highest BCUT2D eigenvalue weighted by atomic mass is 16.3. The van der Waals surface area contributed by atoms with Gasteiger partial charge in [0.25, 0.3) is 0 Å². The quantitative estimate of drug-likeness (QED) is 0.162. The summed E-state index contributed by atoms with van der Waals surface area (Å²) in [5, 5.41) is 12.2. The summed E-state index contributed by atoms with van der Waals surface area (Å²) in [5.41, 5.74) is 14.4. The van der Waals surface area contributed by atoms with Gasteiger partial charge in [0.1, 0.15) is 11.2 Å². The molecule has 0 bridgehead atoms. The van der Waals surface area contributed by atoms with Gasteiger partial charge in [-0.1, -0.05) is 205 Å². The Morgan fingerprint density at radius 3 is 1.20 bits per heavy atom. The average Bonchev–Trinajstić information content (AvgIpc) is 3.65. The molecule has 0 saturated heterocycles. The molecule has 0 unspecified atom stereocenters. The number of benzene rings is 10. The van der Waals surface area contributed by atoms with E-state index in [1.807, 2.05) is 0 Å². The molecule has 0 spiro atoms. The topological polar surface area (TPSA) is 13.1 Å². The lowest BCUT2D eigenvalue weighted by Crippen LogP contribution is -2.16. The summed E-state index contributed by atoms with van der Waals surface area (Å²) in [6.45, 7) is 13.9. The molecule has 1 heteroatoms. The Balaban J connectivity index is 1.16. The van der Waals surface area contributed by atoms with Crippen LogP contribution >= 0.6 is 0 Å². The van der Waals surface area contributed by atoms with E-state index < -0.39 is 0 Å². The van der Waals surface area contributed by atoms with Crippen LogP contribution in [0.4, 0.5) is 0 Å². The van der Waals surface area contributed by atoms with Crippen LogP contribution in [-0.4, -0.2) is 0 Å². The smallest absolute Gasteiger partial charge is 0.136 e. The fourth-order valence-corrected chi connectivity index (χ4v) is 9.91. The van der Waals surface area contributed by atoms with Gasteiger partial charge in [-0.25, -0.2) is 0 Å². The number of fused-ring (bicyclic) bond motifs is 7. The summed E-state index contributed by atoms with van der Waals surface area (Å²) in [6, 6.07) is 67.3. The number of rotatable bonds is 4. The zero-order valence-corrected chi connectivity index (χ0v) is 35.7. The van der Waals surface area contributed by atoms with Gasteiger partial charge in [-0.3, -0.25) is 0 Å². The second-order valence-electron chi connectivity index (χ2n) is 18.8. The molecule has 0 atom stereocenters. The fraction of sp³-hybridized carbons (Fsp3) is 0.133. The van der Waals surface area contributed by atoms with Crippen LogP contribution in [0.1, 0.15) is 52.7 Å². The SMILES string of the molecule is CC(C)(C)c1cc(-c2c3ccccc3c(-c3cccc4oc5cc(-c6c7ccccc7c(-c7ccccc7)c7ccccc67)ccc5c34)c3ccccc23)cc(C(C)(C)C)c1. The molecular weight excluding hydrogens is 737 g/mol. The van der Waals surface area contributed by atoms with E-state index in [4.69, 9.17) is 4.42 Å². The van der Waals surface area contributed by atoms with E-state index in [1.165, 1.54) is 93.2 Å². The van der Waals surface area contributed by atoms with Crippen LogP contribution in [0, 0.1) is 0 Å². The Labute approximate surface area is 357 Å². The van der Waals surface area contributed by atoms with Gasteiger partial charge in [0.05, 0.1) is 0 Å². The summed E-state index contributed by atoms with van der Waals surface area (Å²) < 4.78 is 6.90. The monoisotopic (exact) mass is 784 g/mol. The van der Waals surface area contributed by atoms with Gasteiger partial charge in [-0.05, 0) is 128 Å². The third kappa shape index (κ3) is 5.98. The Bertz CT molecular complexity index is 3390. The normalized spacial score (nSPS) is 12.4. The van der Waals surface area contributed by atoms with Crippen molar-refractivity contribution in [2.75, 3.05) is 0 Å². The van der Waals surface area contributed by atoms with Crippen molar-refractivity contribution in [2.45, 2.75) is 52.4 Å². The Hall–Kier alpha value is -6.96. The first-order valence-electron chi connectivity index (χ1n) is 21.6. The third-order valence-corrected chi connectivity index (χ3v) is 12.9. The molecule has 1 nitrogen and oxygen atoms in total. The lowest BCUT2D eigenvalue weighted by Gasteiger charge is -2.27. The summed E-state index contributed by atoms with van der Waals surface area (Å²) in [7, 11) is 0. The maximum Gasteiger partial charge on any atom is 0.136 e. The van der Waals surface area contributed by atoms with Gasteiger partial charge in [0.2, 0.25) is 0 Å². The molecule has 0 aliphatic heterocycles. The number of hydrogen-bond acceptors (Lipinski definition) is 1. The Morgan fingerprint density at radius 2 is 0.721 bits per heavy atom. The van der Waals surface area contributed by atoms with Crippen LogP contribution in [0.3, 0.4) is 0 Å².